The van der Waals surface area contributed by atoms with Gasteiger partial charge in [0.1, 0.15) is 0 Å². The Balaban J connectivity index is 0.00000154. The van der Waals surface area contributed by atoms with Gasteiger partial charge in [-0.25, -0.2) is 4.68 Å². The summed E-state index contributed by atoms with van der Waals surface area (Å²) in [6, 6.07) is 0. The lowest BCUT2D eigenvalue weighted by Gasteiger charge is -2.32. The Morgan fingerprint density at radius 2 is 1.79 bits per heavy atom. The number of aliphatic hydroxyl groups is 1. The highest BCUT2D eigenvalue weighted by molar-refractivity contribution is 5.09. The highest BCUT2D eigenvalue weighted by Crippen LogP contribution is 2.37. The Kier molecular flexibility index (Phi) is 7.27. The van der Waals surface area contributed by atoms with Crippen molar-refractivity contribution in [3.05, 3.63) is 11.9 Å². The topological polar surface area (TPSA) is 50.9 Å². The molecule has 1 heterocycles. The van der Waals surface area contributed by atoms with Gasteiger partial charge in [-0.15, -0.1) is 5.10 Å². The molecular weight excluding hydrogens is 238 g/mol. The first-order chi connectivity index (χ1) is 8.80. The lowest BCUT2D eigenvalue weighted by Crippen LogP contribution is -2.26. The van der Waals surface area contributed by atoms with Gasteiger partial charge < -0.3 is 5.11 Å². The predicted octanol–water partition coefficient (Wildman–Crippen LogP) is 3.40. The predicted molar refractivity (Wildman–Crippen MR) is 80.2 cm³/mol. The van der Waals surface area contributed by atoms with Gasteiger partial charge in [0.15, 0.2) is 0 Å². The van der Waals surface area contributed by atoms with Crippen LogP contribution in [0.5, 0.6) is 0 Å². The molecule has 0 bridgehead atoms. The maximum Gasteiger partial charge on any atom is 0.0883 e. The van der Waals surface area contributed by atoms with Gasteiger partial charge >= 0.3 is 0 Å². The number of hydrogen-bond donors (Lipinski definition) is 1. The minimum Gasteiger partial charge on any atom is -0.394 e. The van der Waals surface area contributed by atoms with E-state index < -0.39 is 0 Å². The van der Waals surface area contributed by atoms with Crippen LogP contribution < -0.4 is 0 Å². The normalized spacial score (nSPS) is 12.0. The molecule has 0 atom stereocenters. The SMILES string of the molecule is CC.CCC(C)(C)CC(C)(C)c1cn(CCO)nn1. The van der Waals surface area contributed by atoms with Crippen molar-refractivity contribution >= 4 is 0 Å². The summed E-state index contributed by atoms with van der Waals surface area (Å²) in [4.78, 5) is 0. The highest BCUT2D eigenvalue weighted by atomic mass is 16.3. The Hall–Kier alpha value is -0.900. The van der Waals surface area contributed by atoms with E-state index in [1.54, 1.807) is 4.68 Å². The van der Waals surface area contributed by atoms with Crippen LogP contribution in [0, 0.1) is 5.41 Å². The maximum atomic E-state index is 8.87. The van der Waals surface area contributed by atoms with E-state index in [0.717, 1.165) is 18.5 Å². The quantitative estimate of drug-likeness (QED) is 0.861. The first-order valence-corrected chi connectivity index (χ1v) is 7.32. The number of aromatic nitrogens is 3. The summed E-state index contributed by atoms with van der Waals surface area (Å²) >= 11 is 0. The fourth-order valence-corrected chi connectivity index (χ4v) is 2.23. The van der Waals surface area contributed by atoms with Gasteiger partial charge in [0.2, 0.25) is 0 Å². The molecule has 0 saturated carbocycles. The molecule has 4 heteroatoms. The highest BCUT2D eigenvalue weighted by Gasteiger charge is 2.31. The Morgan fingerprint density at radius 1 is 1.21 bits per heavy atom. The van der Waals surface area contributed by atoms with Crippen LogP contribution in [0.3, 0.4) is 0 Å². The molecule has 0 aliphatic rings. The van der Waals surface area contributed by atoms with E-state index in [4.69, 9.17) is 5.11 Å². The summed E-state index contributed by atoms with van der Waals surface area (Å²) in [6.07, 6.45) is 4.18. The smallest absolute Gasteiger partial charge is 0.0883 e. The molecule has 1 rings (SSSR count). The van der Waals surface area contributed by atoms with E-state index in [-0.39, 0.29) is 12.0 Å². The van der Waals surface area contributed by atoms with Crippen LogP contribution in [0.25, 0.3) is 0 Å². The third kappa shape index (κ3) is 5.72. The molecule has 1 aromatic rings. The van der Waals surface area contributed by atoms with Gasteiger partial charge in [-0.3, -0.25) is 0 Å². The lowest BCUT2D eigenvalue weighted by molar-refractivity contribution is 0.244. The molecule has 0 aliphatic heterocycles. The molecule has 19 heavy (non-hydrogen) atoms. The molecule has 112 valence electrons. The molecule has 0 radical (unpaired) electrons. The summed E-state index contributed by atoms with van der Waals surface area (Å²) in [6.45, 7) is 15.8. The van der Waals surface area contributed by atoms with E-state index >= 15 is 0 Å². The van der Waals surface area contributed by atoms with Gasteiger partial charge in [-0.05, 0) is 11.8 Å². The second kappa shape index (κ2) is 7.63. The number of hydrogen-bond acceptors (Lipinski definition) is 3. The summed E-state index contributed by atoms with van der Waals surface area (Å²) in [5, 5.41) is 17.1. The molecule has 0 fully saturated rings. The molecule has 0 aliphatic carbocycles. The molecule has 1 N–H and O–H groups in total. The van der Waals surface area contributed by atoms with E-state index in [1.165, 1.54) is 0 Å². The van der Waals surface area contributed by atoms with Crippen LogP contribution in [0.1, 0.15) is 67.0 Å². The third-order valence-electron chi connectivity index (χ3n) is 3.44. The van der Waals surface area contributed by atoms with E-state index in [2.05, 4.69) is 44.9 Å². The standard InChI is InChI=1S/C13H25N3O.C2H6/c1-6-12(2,3)10-13(4,5)11-9-16(7-8-17)15-14-11;1-2/h9,17H,6-8,10H2,1-5H3;1-2H3. The van der Waals surface area contributed by atoms with Gasteiger partial charge in [-0.1, -0.05) is 60.1 Å². The van der Waals surface area contributed by atoms with Gasteiger partial charge in [0, 0.05) is 11.6 Å². The Morgan fingerprint density at radius 3 is 2.26 bits per heavy atom. The number of aliphatic hydroxyl groups excluding tert-OH is 1. The largest absolute Gasteiger partial charge is 0.394 e. The number of rotatable bonds is 6. The zero-order valence-corrected chi connectivity index (χ0v) is 13.7. The summed E-state index contributed by atoms with van der Waals surface area (Å²) in [5.41, 5.74) is 1.34. The average Bonchev–Trinajstić information content (AvgIpc) is 2.80. The third-order valence-corrected chi connectivity index (χ3v) is 3.44. The van der Waals surface area contributed by atoms with Crippen molar-refractivity contribution in [2.75, 3.05) is 6.61 Å². The fourth-order valence-electron chi connectivity index (χ4n) is 2.23. The maximum absolute atomic E-state index is 8.87. The van der Waals surface area contributed by atoms with E-state index in [9.17, 15) is 0 Å². The fraction of sp³-hybridized carbons (Fsp3) is 0.867. The van der Waals surface area contributed by atoms with E-state index in [0.29, 0.717) is 12.0 Å². The van der Waals surface area contributed by atoms with Crippen LogP contribution >= 0.6 is 0 Å². The van der Waals surface area contributed by atoms with E-state index in [1.807, 2.05) is 20.0 Å². The minimum atomic E-state index is 0.0210. The van der Waals surface area contributed by atoms with Gasteiger partial charge in [0.05, 0.1) is 18.8 Å². The lowest BCUT2D eigenvalue weighted by atomic mass is 9.72. The zero-order valence-electron chi connectivity index (χ0n) is 13.7. The summed E-state index contributed by atoms with van der Waals surface area (Å²) < 4.78 is 1.70. The van der Waals surface area contributed by atoms with Crippen molar-refractivity contribution in [1.82, 2.24) is 15.0 Å². The van der Waals surface area contributed by atoms with Crippen LogP contribution in [0.4, 0.5) is 0 Å². The molecule has 1 aromatic heterocycles. The first kappa shape index (κ1) is 18.1. The average molecular weight is 269 g/mol. The molecule has 0 unspecified atom stereocenters. The zero-order chi connectivity index (χ0) is 15.1. The minimum absolute atomic E-state index is 0.0210. The van der Waals surface area contributed by atoms with Crippen LogP contribution in [0.2, 0.25) is 0 Å². The number of nitrogens with zero attached hydrogens (tertiary/aromatic N) is 3. The second-order valence-electron chi connectivity index (χ2n) is 6.17. The first-order valence-electron chi connectivity index (χ1n) is 7.32. The molecule has 0 spiro atoms. The summed E-state index contributed by atoms with van der Waals surface area (Å²) in [5.74, 6) is 0. The van der Waals surface area contributed by atoms with Gasteiger partial charge in [0.25, 0.3) is 0 Å². The van der Waals surface area contributed by atoms with Crippen LogP contribution in [-0.2, 0) is 12.0 Å². The van der Waals surface area contributed by atoms with Gasteiger partial charge in [-0.2, -0.15) is 0 Å². The summed E-state index contributed by atoms with van der Waals surface area (Å²) in [7, 11) is 0. The van der Waals surface area contributed by atoms with Crippen molar-refractivity contribution in [3.8, 4) is 0 Å². The van der Waals surface area contributed by atoms with Crippen molar-refractivity contribution in [2.24, 2.45) is 5.41 Å². The van der Waals surface area contributed by atoms with Crippen molar-refractivity contribution in [3.63, 3.8) is 0 Å². The van der Waals surface area contributed by atoms with Crippen LogP contribution in [-0.4, -0.2) is 26.7 Å². The second-order valence-corrected chi connectivity index (χ2v) is 6.17. The monoisotopic (exact) mass is 269 g/mol. The molecule has 0 aromatic carbocycles. The van der Waals surface area contributed by atoms with Crippen molar-refractivity contribution in [1.29, 1.82) is 0 Å². The molecular formula is C15H31N3O. The van der Waals surface area contributed by atoms with Crippen LogP contribution in [0.15, 0.2) is 6.20 Å². The molecule has 0 saturated heterocycles. The molecule has 4 nitrogen and oxygen atoms in total. The molecule has 0 amide bonds. The van der Waals surface area contributed by atoms with Crippen molar-refractivity contribution in [2.45, 2.75) is 73.3 Å². The van der Waals surface area contributed by atoms with Crippen molar-refractivity contribution < 1.29 is 5.11 Å². The Bertz CT molecular complexity index is 356. The Labute approximate surface area is 118 Å².